The second-order valence-corrected chi connectivity index (χ2v) is 5.80. The minimum atomic E-state index is 0. The first-order valence-corrected chi connectivity index (χ1v) is 8.10. The van der Waals surface area contributed by atoms with Crippen LogP contribution in [0.4, 0.5) is 5.82 Å². The second kappa shape index (κ2) is 10.2. The molecule has 0 aromatic carbocycles. The molecule has 5 nitrogen and oxygen atoms in total. The summed E-state index contributed by atoms with van der Waals surface area (Å²) in [7, 11) is 4.18. The van der Waals surface area contributed by atoms with Crippen LogP contribution in [0.5, 0.6) is 0 Å². The van der Waals surface area contributed by atoms with Crippen LogP contribution in [0, 0.1) is 0 Å². The number of hydrogen-bond donors (Lipinski definition) is 1. The number of anilines is 1. The number of halogens is 1. The summed E-state index contributed by atoms with van der Waals surface area (Å²) in [6.07, 6.45) is 10.8. The number of unbranched alkanes of at least 4 members (excludes halogenated alkanes) is 2. The topological polar surface area (TPSA) is 45.5 Å². The summed E-state index contributed by atoms with van der Waals surface area (Å²) in [5.74, 6) is 0.896. The van der Waals surface area contributed by atoms with Crippen molar-refractivity contribution in [1.29, 1.82) is 0 Å². The van der Waals surface area contributed by atoms with Crippen molar-refractivity contribution < 1.29 is 0 Å². The van der Waals surface area contributed by atoms with Crippen molar-refractivity contribution in [1.82, 2.24) is 19.5 Å². The van der Waals surface area contributed by atoms with Gasteiger partial charge in [-0.1, -0.05) is 25.8 Å². The lowest BCUT2D eigenvalue weighted by Crippen LogP contribution is -2.16. The Hall–Kier alpha value is -1.59. The Bertz CT molecular complexity index is 606. The van der Waals surface area contributed by atoms with Crippen molar-refractivity contribution in [3.63, 3.8) is 0 Å². The average Bonchev–Trinajstić information content (AvgIpc) is 2.90. The lowest BCUT2D eigenvalue weighted by atomic mass is 10.2. The summed E-state index contributed by atoms with van der Waals surface area (Å²) in [5, 5.41) is 8.00. The number of fused-ring (bicyclic) bond motifs is 1. The molecule has 0 aliphatic carbocycles. The van der Waals surface area contributed by atoms with E-state index in [1.54, 1.807) is 0 Å². The largest absolute Gasteiger partial charge is 0.369 e. The Morgan fingerprint density at radius 3 is 2.83 bits per heavy atom. The number of aromatic nitrogens is 3. The second-order valence-electron chi connectivity index (χ2n) is 5.80. The van der Waals surface area contributed by atoms with E-state index in [-0.39, 0.29) is 12.4 Å². The van der Waals surface area contributed by atoms with E-state index >= 15 is 0 Å². The Morgan fingerprint density at radius 2 is 2.09 bits per heavy atom. The van der Waals surface area contributed by atoms with Crippen molar-refractivity contribution in [3.8, 4) is 0 Å². The molecule has 6 heteroatoms. The summed E-state index contributed by atoms with van der Waals surface area (Å²) in [5.41, 5.74) is 1.91. The molecule has 1 N–H and O–H groups in total. The predicted octanol–water partition coefficient (Wildman–Crippen LogP) is 3.72. The van der Waals surface area contributed by atoms with Gasteiger partial charge in [0.15, 0.2) is 5.65 Å². The summed E-state index contributed by atoms with van der Waals surface area (Å²) < 4.78 is 1.90. The highest BCUT2D eigenvalue weighted by Crippen LogP contribution is 2.11. The summed E-state index contributed by atoms with van der Waals surface area (Å²) in [4.78, 5) is 6.58. The molecular formula is C17H28ClN5. The molecule has 2 rings (SSSR count). The molecule has 23 heavy (non-hydrogen) atoms. The van der Waals surface area contributed by atoms with Gasteiger partial charge in [-0.25, -0.2) is 9.50 Å². The fourth-order valence-corrected chi connectivity index (χ4v) is 2.24. The van der Waals surface area contributed by atoms with Gasteiger partial charge in [0, 0.05) is 6.54 Å². The van der Waals surface area contributed by atoms with Crippen molar-refractivity contribution in [3.05, 3.63) is 30.1 Å². The Balaban J connectivity index is 0.00000264. The van der Waals surface area contributed by atoms with Gasteiger partial charge in [-0.05, 0) is 51.7 Å². The number of hydrogen-bond acceptors (Lipinski definition) is 4. The number of nitrogens with one attached hydrogen (secondary N) is 1. The molecule has 0 aliphatic rings. The standard InChI is InChI=1S/C17H27N5.ClH/c1-4-5-6-7-9-15-14-19-17-11-10-16(20-22(15)17)18-12-8-13-21(2)3;/h7,9-11,14H,4-6,8,12-13H2,1-3H3,(H,18,20);1H/b9-7+;. The van der Waals surface area contributed by atoms with Crippen molar-refractivity contribution in [2.45, 2.75) is 32.6 Å². The van der Waals surface area contributed by atoms with E-state index in [0.717, 1.165) is 43.1 Å². The summed E-state index contributed by atoms with van der Waals surface area (Å²) in [6, 6.07) is 3.99. The molecule has 0 bridgehead atoms. The van der Waals surface area contributed by atoms with E-state index in [4.69, 9.17) is 0 Å². The van der Waals surface area contributed by atoms with Crippen LogP contribution >= 0.6 is 12.4 Å². The van der Waals surface area contributed by atoms with E-state index in [0.29, 0.717) is 0 Å². The first-order valence-electron chi connectivity index (χ1n) is 8.10. The molecule has 0 unspecified atom stereocenters. The average molecular weight is 338 g/mol. The van der Waals surface area contributed by atoms with Crippen molar-refractivity contribution >= 4 is 29.9 Å². The Morgan fingerprint density at radius 1 is 1.26 bits per heavy atom. The van der Waals surface area contributed by atoms with Crippen LogP contribution in [0.3, 0.4) is 0 Å². The van der Waals surface area contributed by atoms with E-state index < -0.39 is 0 Å². The third kappa shape index (κ3) is 6.20. The van der Waals surface area contributed by atoms with Crippen LogP contribution < -0.4 is 5.32 Å². The SMILES string of the molecule is CCCC/C=C/c1cnc2ccc(NCCCN(C)C)nn12.Cl. The molecule has 128 valence electrons. The quantitative estimate of drug-likeness (QED) is 0.708. The molecule has 0 spiro atoms. The van der Waals surface area contributed by atoms with Gasteiger partial charge >= 0.3 is 0 Å². The van der Waals surface area contributed by atoms with Gasteiger partial charge in [-0.15, -0.1) is 17.5 Å². The molecule has 2 aromatic heterocycles. The fourth-order valence-electron chi connectivity index (χ4n) is 2.24. The molecule has 0 saturated carbocycles. The van der Waals surface area contributed by atoms with E-state index in [9.17, 15) is 0 Å². The van der Waals surface area contributed by atoms with Gasteiger partial charge in [0.2, 0.25) is 0 Å². The van der Waals surface area contributed by atoms with Crippen molar-refractivity contribution in [2.24, 2.45) is 0 Å². The molecule has 2 aromatic rings. The molecule has 0 fully saturated rings. The molecule has 0 aliphatic heterocycles. The highest BCUT2D eigenvalue weighted by Gasteiger charge is 2.03. The first-order chi connectivity index (χ1) is 10.7. The maximum atomic E-state index is 4.63. The maximum absolute atomic E-state index is 4.63. The summed E-state index contributed by atoms with van der Waals surface area (Å²) >= 11 is 0. The normalized spacial score (nSPS) is 11.3. The van der Waals surface area contributed by atoms with E-state index in [2.05, 4.69) is 53.5 Å². The molecule has 0 amide bonds. The number of nitrogens with zero attached hydrogens (tertiary/aromatic N) is 4. The lowest BCUT2D eigenvalue weighted by Gasteiger charge is -2.10. The van der Waals surface area contributed by atoms with Gasteiger partial charge in [0.1, 0.15) is 5.82 Å². The van der Waals surface area contributed by atoms with Gasteiger partial charge in [-0.3, -0.25) is 0 Å². The number of imidazole rings is 1. The van der Waals surface area contributed by atoms with Crippen LogP contribution in [0.15, 0.2) is 24.4 Å². The third-order valence-corrected chi connectivity index (χ3v) is 3.49. The van der Waals surface area contributed by atoms with Gasteiger partial charge in [0.05, 0.1) is 11.9 Å². The van der Waals surface area contributed by atoms with Crippen LogP contribution in [0.2, 0.25) is 0 Å². The van der Waals surface area contributed by atoms with Gasteiger partial charge in [-0.2, -0.15) is 0 Å². The number of rotatable bonds is 9. The zero-order valence-electron chi connectivity index (χ0n) is 14.3. The fraction of sp³-hybridized carbons (Fsp3) is 0.529. The Kier molecular flexibility index (Phi) is 8.66. The number of allylic oxidation sites excluding steroid dienone is 1. The third-order valence-electron chi connectivity index (χ3n) is 3.49. The smallest absolute Gasteiger partial charge is 0.154 e. The van der Waals surface area contributed by atoms with Crippen molar-refractivity contribution in [2.75, 3.05) is 32.5 Å². The zero-order valence-corrected chi connectivity index (χ0v) is 15.1. The maximum Gasteiger partial charge on any atom is 0.154 e. The monoisotopic (exact) mass is 337 g/mol. The summed E-state index contributed by atoms with van der Waals surface area (Å²) in [6.45, 7) is 4.21. The molecule has 2 heterocycles. The highest BCUT2D eigenvalue weighted by molar-refractivity contribution is 5.85. The van der Waals surface area contributed by atoms with E-state index in [1.807, 2.05) is 22.8 Å². The Labute approximate surface area is 145 Å². The lowest BCUT2D eigenvalue weighted by molar-refractivity contribution is 0.405. The van der Waals surface area contributed by atoms with Crippen LogP contribution in [0.25, 0.3) is 11.7 Å². The van der Waals surface area contributed by atoms with E-state index in [1.165, 1.54) is 12.8 Å². The molecule has 0 saturated heterocycles. The highest BCUT2D eigenvalue weighted by atomic mass is 35.5. The van der Waals surface area contributed by atoms with Crippen LogP contribution in [-0.2, 0) is 0 Å². The molecular weight excluding hydrogens is 310 g/mol. The zero-order chi connectivity index (χ0) is 15.8. The minimum Gasteiger partial charge on any atom is -0.369 e. The first kappa shape index (κ1) is 19.5. The molecule has 0 atom stereocenters. The minimum absolute atomic E-state index is 0. The predicted molar refractivity (Wildman–Crippen MR) is 100 cm³/mol. The van der Waals surface area contributed by atoms with Gasteiger partial charge < -0.3 is 10.2 Å². The van der Waals surface area contributed by atoms with Crippen LogP contribution in [-0.4, -0.2) is 46.7 Å². The van der Waals surface area contributed by atoms with Gasteiger partial charge in [0.25, 0.3) is 0 Å². The molecule has 0 radical (unpaired) electrons. The van der Waals surface area contributed by atoms with Crippen LogP contribution in [0.1, 0.15) is 38.3 Å².